The van der Waals surface area contributed by atoms with E-state index < -0.39 is 0 Å². The third-order valence-electron chi connectivity index (χ3n) is 4.58. The van der Waals surface area contributed by atoms with Gasteiger partial charge in [-0.1, -0.05) is 49.8 Å². The molecule has 1 aromatic rings. The molecule has 1 unspecified atom stereocenters. The van der Waals surface area contributed by atoms with Gasteiger partial charge >= 0.3 is 0 Å². The molecular weight excluding hydrogens is 254 g/mol. The first kappa shape index (κ1) is 15.8. The van der Waals surface area contributed by atoms with Crippen molar-refractivity contribution >= 4 is 11.9 Å². The summed E-state index contributed by atoms with van der Waals surface area (Å²) in [5.74, 6) is 0. The van der Waals surface area contributed by atoms with Crippen LogP contribution in [-0.2, 0) is 6.42 Å². The van der Waals surface area contributed by atoms with Gasteiger partial charge in [0.1, 0.15) is 0 Å². The number of hydrogen-bond donors (Lipinski definition) is 0. The summed E-state index contributed by atoms with van der Waals surface area (Å²) in [6.07, 6.45) is 13.6. The van der Waals surface area contributed by atoms with Crippen LogP contribution in [-0.4, -0.2) is 6.21 Å². The molecule has 1 aromatic carbocycles. The number of hydrogen-bond acceptors (Lipinski definition) is 1. The van der Waals surface area contributed by atoms with Crippen LogP contribution < -0.4 is 0 Å². The third kappa shape index (κ3) is 4.17. The van der Waals surface area contributed by atoms with E-state index in [9.17, 15) is 0 Å². The second kappa shape index (κ2) is 6.89. The summed E-state index contributed by atoms with van der Waals surface area (Å²) in [6.45, 7) is 8.69. The molecule has 1 atom stereocenters. The van der Waals surface area contributed by atoms with Crippen LogP contribution in [0, 0.1) is 12.3 Å². The lowest BCUT2D eigenvalue weighted by molar-refractivity contribution is 0.411. The zero-order valence-corrected chi connectivity index (χ0v) is 13.8. The van der Waals surface area contributed by atoms with Crippen LogP contribution in [0.5, 0.6) is 0 Å². The molecule has 0 aliphatic heterocycles. The first-order valence-electron chi connectivity index (χ1n) is 8.03. The molecule has 21 heavy (non-hydrogen) atoms. The Labute approximate surface area is 129 Å². The Kier molecular flexibility index (Phi) is 5.17. The Balaban J connectivity index is 1.99. The first-order chi connectivity index (χ1) is 10.1. The molecular formula is C20H27N. The van der Waals surface area contributed by atoms with E-state index in [-0.39, 0.29) is 0 Å². The molecule has 0 aromatic heterocycles. The largest absolute Gasteiger partial charge is 0.261 e. The van der Waals surface area contributed by atoms with Gasteiger partial charge < -0.3 is 0 Å². The van der Waals surface area contributed by atoms with Crippen LogP contribution >= 0.6 is 0 Å². The monoisotopic (exact) mass is 281 g/mol. The normalized spacial score (nSPS) is 21.8. The van der Waals surface area contributed by atoms with Gasteiger partial charge in [0.15, 0.2) is 0 Å². The zero-order chi connectivity index (χ0) is 15.3. The van der Waals surface area contributed by atoms with Crippen molar-refractivity contribution in [3.8, 4) is 0 Å². The minimum absolute atomic E-state index is 0.371. The summed E-state index contributed by atoms with van der Waals surface area (Å²) in [6, 6.07) is 6.63. The van der Waals surface area contributed by atoms with Crippen LogP contribution in [0.2, 0.25) is 0 Å². The Morgan fingerprint density at radius 2 is 2.10 bits per heavy atom. The highest BCUT2D eigenvalue weighted by atomic mass is 14.7. The first-order valence-corrected chi connectivity index (χ1v) is 8.03. The van der Waals surface area contributed by atoms with Gasteiger partial charge in [0.25, 0.3) is 0 Å². The molecule has 0 bridgehead atoms. The molecule has 0 spiro atoms. The summed E-state index contributed by atoms with van der Waals surface area (Å²) < 4.78 is 0. The van der Waals surface area contributed by atoms with Gasteiger partial charge in [0, 0.05) is 6.21 Å². The smallest absolute Gasteiger partial charge is 0.0657 e. The van der Waals surface area contributed by atoms with Crippen molar-refractivity contribution < 1.29 is 0 Å². The standard InChI is InChI=1S/C20H27N/c1-5-20(4)13-11-17(12-14-20)9-10-18-8-7-16(3)19(15-18)21-6-2/h6-8,11-13,15H,5,9-10,14H2,1-4H3/b21-6-. The number of nitrogens with zero attached hydrogens (tertiary/aromatic N) is 1. The van der Waals surface area contributed by atoms with Crippen molar-refractivity contribution in [2.75, 3.05) is 0 Å². The number of benzene rings is 1. The molecule has 0 fully saturated rings. The molecule has 1 nitrogen and oxygen atoms in total. The SMILES string of the molecule is C/C=N\c1cc(CCC2=CCC(C)(CC)C=C2)ccc1C. The van der Waals surface area contributed by atoms with Gasteiger partial charge in [0.05, 0.1) is 5.69 Å². The highest BCUT2D eigenvalue weighted by Gasteiger charge is 2.19. The quantitative estimate of drug-likeness (QED) is 0.591. The van der Waals surface area contributed by atoms with Gasteiger partial charge in [-0.15, -0.1) is 0 Å². The summed E-state index contributed by atoms with van der Waals surface area (Å²) in [7, 11) is 0. The molecule has 1 aliphatic rings. The Morgan fingerprint density at radius 1 is 1.29 bits per heavy atom. The van der Waals surface area contributed by atoms with Gasteiger partial charge in [-0.05, 0) is 62.1 Å². The summed E-state index contributed by atoms with van der Waals surface area (Å²) >= 11 is 0. The van der Waals surface area contributed by atoms with Crippen LogP contribution in [0.15, 0.2) is 47.0 Å². The van der Waals surface area contributed by atoms with E-state index in [0.29, 0.717) is 5.41 Å². The minimum Gasteiger partial charge on any atom is -0.261 e. The number of aryl methyl sites for hydroxylation is 2. The van der Waals surface area contributed by atoms with Gasteiger partial charge in [0.2, 0.25) is 0 Å². The molecule has 112 valence electrons. The van der Waals surface area contributed by atoms with E-state index in [1.165, 1.54) is 29.5 Å². The Bertz CT molecular complexity index is 578. The fourth-order valence-corrected chi connectivity index (χ4v) is 2.63. The predicted molar refractivity (Wildman–Crippen MR) is 93.6 cm³/mol. The second-order valence-corrected chi connectivity index (χ2v) is 6.33. The lowest BCUT2D eigenvalue weighted by Gasteiger charge is -2.26. The minimum atomic E-state index is 0.371. The highest BCUT2D eigenvalue weighted by Crippen LogP contribution is 2.33. The van der Waals surface area contributed by atoms with E-state index in [1.54, 1.807) is 0 Å². The zero-order valence-electron chi connectivity index (χ0n) is 13.8. The molecule has 0 amide bonds. The van der Waals surface area contributed by atoms with Crippen LogP contribution in [0.1, 0.15) is 51.2 Å². The Hall–Kier alpha value is -1.63. The van der Waals surface area contributed by atoms with E-state index in [2.05, 4.69) is 62.2 Å². The van der Waals surface area contributed by atoms with E-state index in [0.717, 1.165) is 18.5 Å². The van der Waals surface area contributed by atoms with Crippen LogP contribution in [0.4, 0.5) is 5.69 Å². The van der Waals surface area contributed by atoms with E-state index in [1.807, 2.05) is 13.1 Å². The topological polar surface area (TPSA) is 12.4 Å². The maximum absolute atomic E-state index is 4.44. The molecule has 2 rings (SSSR count). The average molecular weight is 281 g/mol. The summed E-state index contributed by atoms with van der Waals surface area (Å²) in [5.41, 5.74) is 5.56. The lowest BCUT2D eigenvalue weighted by atomic mass is 9.79. The van der Waals surface area contributed by atoms with Gasteiger partial charge in [-0.25, -0.2) is 0 Å². The van der Waals surface area contributed by atoms with Crippen molar-refractivity contribution in [1.29, 1.82) is 0 Å². The highest BCUT2D eigenvalue weighted by molar-refractivity contribution is 5.62. The van der Waals surface area contributed by atoms with Gasteiger partial charge in [-0.2, -0.15) is 0 Å². The van der Waals surface area contributed by atoms with Crippen molar-refractivity contribution in [1.82, 2.24) is 0 Å². The van der Waals surface area contributed by atoms with Crippen molar-refractivity contribution in [3.05, 3.63) is 53.1 Å². The molecule has 0 radical (unpaired) electrons. The Morgan fingerprint density at radius 3 is 2.71 bits per heavy atom. The maximum Gasteiger partial charge on any atom is 0.0657 e. The van der Waals surface area contributed by atoms with E-state index in [4.69, 9.17) is 0 Å². The number of rotatable bonds is 5. The molecule has 1 aliphatic carbocycles. The number of allylic oxidation sites excluding steroid dienone is 4. The molecule has 0 saturated carbocycles. The molecule has 0 heterocycles. The maximum atomic E-state index is 4.44. The predicted octanol–water partition coefficient (Wildman–Crippen LogP) is 5.95. The van der Waals surface area contributed by atoms with Crippen LogP contribution in [0.25, 0.3) is 0 Å². The number of aliphatic imine (C=N–C) groups is 1. The lowest BCUT2D eigenvalue weighted by Crippen LogP contribution is -2.13. The second-order valence-electron chi connectivity index (χ2n) is 6.33. The van der Waals surface area contributed by atoms with Crippen molar-refractivity contribution in [3.63, 3.8) is 0 Å². The average Bonchev–Trinajstić information content (AvgIpc) is 2.50. The fraction of sp³-hybridized carbons (Fsp3) is 0.450. The molecule has 0 saturated heterocycles. The molecule has 1 heteroatoms. The third-order valence-corrected chi connectivity index (χ3v) is 4.58. The summed E-state index contributed by atoms with van der Waals surface area (Å²) in [5, 5.41) is 0. The van der Waals surface area contributed by atoms with E-state index >= 15 is 0 Å². The van der Waals surface area contributed by atoms with Gasteiger partial charge in [-0.3, -0.25) is 4.99 Å². The molecule has 0 N–H and O–H groups in total. The fourth-order valence-electron chi connectivity index (χ4n) is 2.63. The van der Waals surface area contributed by atoms with Crippen molar-refractivity contribution in [2.45, 2.75) is 53.4 Å². The summed E-state index contributed by atoms with van der Waals surface area (Å²) in [4.78, 5) is 4.44. The van der Waals surface area contributed by atoms with Crippen molar-refractivity contribution in [2.24, 2.45) is 10.4 Å². The van der Waals surface area contributed by atoms with Crippen LogP contribution in [0.3, 0.4) is 0 Å².